The van der Waals surface area contributed by atoms with Crippen LogP contribution in [0.2, 0.25) is 0 Å². The van der Waals surface area contributed by atoms with E-state index < -0.39 is 0 Å². The van der Waals surface area contributed by atoms with E-state index in [1.807, 2.05) is 0 Å². The summed E-state index contributed by atoms with van der Waals surface area (Å²) in [5.41, 5.74) is 11.4. The first-order valence-corrected chi connectivity index (χ1v) is 8.99. The molecule has 1 saturated carbocycles. The van der Waals surface area contributed by atoms with Crippen molar-refractivity contribution in [2.75, 3.05) is 0 Å². The van der Waals surface area contributed by atoms with Crippen LogP contribution >= 0.6 is 12.6 Å². The van der Waals surface area contributed by atoms with Gasteiger partial charge in [0.2, 0.25) is 0 Å². The van der Waals surface area contributed by atoms with E-state index in [0.29, 0.717) is 5.92 Å². The molecular formula is C22H28S. The van der Waals surface area contributed by atoms with Crippen LogP contribution in [0.5, 0.6) is 0 Å². The molecule has 23 heavy (non-hydrogen) atoms. The molecule has 1 unspecified atom stereocenters. The van der Waals surface area contributed by atoms with Gasteiger partial charge in [-0.2, -0.15) is 0 Å². The standard InChI is InChI=1S/C22H28S/c1-12-10-18(17-8-9-22(6,7)11-19(12)17)20-14(3)13(2)15(4)21(23)16(20)5/h8,11,18,23H,1,9-10H2,2-7H3. The van der Waals surface area contributed by atoms with E-state index in [-0.39, 0.29) is 5.41 Å². The lowest BCUT2D eigenvalue weighted by atomic mass is 9.77. The number of thiol groups is 1. The maximum Gasteiger partial charge on any atom is 0.0138 e. The van der Waals surface area contributed by atoms with Gasteiger partial charge in [-0.1, -0.05) is 32.6 Å². The van der Waals surface area contributed by atoms with Crippen molar-refractivity contribution in [3.63, 3.8) is 0 Å². The summed E-state index contributed by atoms with van der Waals surface area (Å²) in [6.07, 6.45) is 7.07. The predicted octanol–water partition coefficient (Wildman–Crippen LogP) is 6.54. The zero-order valence-corrected chi connectivity index (χ0v) is 16.2. The fraction of sp³-hybridized carbons (Fsp3) is 0.455. The van der Waals surface area contributed by atoms with Gasteiger partial charge in [-0.05, 0) is 90.5 Å². The Labute approximate surface area is 146 Å². The van der Waals surface area contributed by atoms with Crippen LogP contribution in [0.15, 0.2) is 40.3 Å². The molecule has 0 amide bonds. The van der Waals surface area contributed by atoms with Crippen molar-refractivity contribution in [3.8, 4) is 0 Å². The molecule has 122 valence electrons. The summed E-state index contributed by atoms with van der Waals surface area (Å²) < 4.78 is 0. The van der Waals surface area contributed by atoms with Crippen molar-refractivity contribution >= 4 is 12.6 Å². The Bertz CT molecular complexity index is 743. The second kappa shape index (κ2) is 5.41. The topological polar surface area (TPSA) is 0 Å². The normalized spacial score (nSPS) is 22.7. The number of fused-ring (bicyclic) bond motifs is 1. The van der Waals surface area contributed by atoms with Gasteiger partial charge in [0.05, 0.1) is 0 Å². The van der Waals surface area contributed by atoms with Crippen LogP contribution in [-0.4, -0.2) is 0 Å². The Morgan fingerprint density at radius 2 is 1.70 bits per heavy atom. The molecule has 1 heteroatoms. The largest absolute Gasteiger partial charge is 0.143 e. The molecule has 0 saturated heterocycles. The first-order chi connectivity index (χ1) is 10.6. The van der Waals surface area contributed by atoms with E-state index in [4.69, 9.17) is 12.6 Å². The van der Waals surface area contributed by atoms with Crippen molar-refractivity contribution in [3.05, 3.63) is 63.3 Å². The Kier molecular flexibility index (Phi) is 3.92. The minimum Gasteiger partial charge on any atom is -0.143 e. The van der Waals surface area contributed by atoms with Gasteiger partial charge in [0.1, 0.15) is 0 Å². The second-order valence-electron chi connectivity index (χ2n) is 8.03. The zero-order valence-electron chi connectivity index (χ0n) is 15.3. The quantitative estimate of drug-likeness (QED) is 0.557. The van der Waals surface area contributed by atoms with Gasteiger partial charge in [-0.3, -0.25) is 0 Å². The first kappa shape index (κ1) is 16.6. The fourth-order valence-electron chi connectivity index (χ4n) is 4.25. The predicted molar refractivity (Wildman–Crippen MR) is 104 cm³/mol. The molecule has 0 aromatic heterocycles. The van der Waals surface area contributed by atoms with Gasteiger partial charge < -0.3 is 0 Å². The highest BCUT2D eigenvalue weighted by atomic mass is 32.1. The molecule has 2 aliphatic carbocycles. The smallest absolute Gasteiger partial charge is 0.0138 e. The first-order valence-electron chi connectivity index (χ1n) is 8.54. The lowest BCUT2D eigenvalue weighted by Crippen LogP contribution is -2.13. The molecule has 0 spiro atoms. The average molecular weight is 325 g/mol. The summed E-state index contributed by atoms with van der Waals surface area (Å²) in [5.74, 6) is 0.454. The van der Waals surface area contributed by atoms with Gasteiger partial charge >= 0.3 is 0 Å². The molecule has 0 bridgehead atoms. The lowest BCUT2D eigenvalue weighted by Gasteiger charge is -2.28. The highest BCUT2D eigenvalue weighted by Crippen LogP contribution is 2.52. The molecule has 0 N–H and O–H groups in total. The summed E-state index contributed by atoms with van der Waals surface area (Å²) in [4.78, 5) is 1.16. The van der Waals surface area contributed by atoms with Crippen LogP contribution in [-0.2, 0) is 0 Å². The van der Waals surface area contributed by atoms with Crippen LogP contribution in [0, 0.1) is 33.1 Å². The molecular weight excluding hydrogens is 296 g/mol. The van der Waals surface area contributed by atoms with Gasteiger partial charge in [-0.25, -0.2) is 0 Å². The Morgan fingerprint density at radius 3 is 2.35 bits per heavy atom. The molecule has 3 rings (SSSR count). The zero-order chi connectivity index (χ0) is 17.1. The van der Waals surface area contributed by atoms with E-state index in [0.717, 1.165) is 17.7 Å². The van der Waals surface area contributed by atoms with Crippen LogP contribution < -0.4 is 0 Å². The average Bonchev–Trinajstić information content (AvgIpc) is 2.79. The molecule has 2 aliphatic rings. The molecule has 0 nitrogen and oxygen atoms in total. The highest BCUT2D eigenvalue weighted by Gasteiger charge is 2.36. The molecule has 0 heterocycles. The molecule has 0 radical (unpaired) electrons. The summed E-state index contributed by atoms with van der Waals surface area (Å²) >= 11 is 4.80. The van der Waals surface area contributed by atoms with E-state index in [9.17, 15) is 0 Å². The number of rotatable bonds is 1. The van der Waals surface area contributed by atoms with Gasteiger partial charge in [0.25, 0.3) is 0 Å². The maximum absolute atomic E-state index is 4.80. The minimum atomic E-state index is 0.249. The third kappa shape index (κ3) is 2.54. The van der Waals surface area contributed by atoms with Crippen molar-refractivity contribution in [2.45, 2.75) is 65.2 Å². The molecule has 1 fully saturated rings. The third-order valence-corrected chi connectivity index (χ3v) is 6.56. The Balaban J connectivity index is 2.18. The number of benzene rings is 1. The Hall–Kier alpha value is -1.21. The highest BCUT2D eigenvalue weighted by molar-refractivity contribution is 7.80. The summed E-state index contributed by atoms with van der Waals surface area (Å²) in [7, 11) is 0. The van der Waals surface area contributed by atoms with Gasteiger partial charge in [-0.15, -0.1) is 12.6 Å². The molecule has 1 atom stereocenters. The van der Waals surface area contributed by atoms with E-state index in [1.165, 1.54) is 44.5 Å². The van der Waals surface area contributed by atoms with Crippen molar-refractivity contribution < 1.29 is 0 Å². The molecule has 0 aliphatic heterocycles. The van der Waals surface area contributed by atoms with E-state index in [1.54, 1.807) is 0 Å². The fourth-order valence-corrected chi connectivity index (χ4v) is 4.54. The maximum atomic E-state index is 4.80. The second-order valence-corrected chi connectivity index (χ2v) is 8.48. The van der Waals surface area contributed by atoms with Crippen molar-refractivity contribution in [1.82, 2.24) is 0 Å². The monoisotopic (exact) mass is 324 g/mol. The van der Waals surface area contributed by atoms with Crippen molar-refractivity contribution in [1.29, 1.82) is 0 Å². The third-order valence-electron chi connectivity index (χ3n) is 5.89. The van der Waals surface area contributed by atoms with E-state index >= 15 is 0 Å². The molecule has 1 aromatic carbocycles. The van der Waals surface area contributed by atoms with Crippen LogP contribution in [0.25, 0.3) is 0 Å². The van der Waals surface area contributed by atoms with Gasteiger partial charge in [0, 0.05) is 10.8 Å². The number of allylic oxidation sites excluding steroid dienone is 5. The summed E-state index contributed by atoms with van der Waals surface area (Å²) in [6.45, 7) is 17.9. The summed E-state index contributed by atoms with van der Waals surface area (Å²) in [5, 5.41) is 0. The minimum absolute atomic E-state index is 0.249. The number of hydrogen-bond donors (Lipinski definition) is 1. The van der Waals surface area contributed by atoms with Crippen LogP contribution in [0.1, 0.15) is 60.4 Å². The summed E-state index contributed by atoms with van der Waals surface area (Å²) in [6, 6.07) is 0. The Morgan fingerprint density at radius 1 is 1.04 bits per heavy atom. The number of hydrogen-bond acceptors (Lipinski definition) is 1. The van der Waals surface area contributed by atoms with Crippen molar-refractivity contribution in [2.24, 2.45) is 5.41 Å². The SMILES string of the molecule is C=C1CC(c2c(C)c(C)c(C)c(S)c2C)C2=CCC(C)(C)C=C12. The molecule has 1 aromatic rings. The van der Waals surface area contributed by atoms with E-state index in [2.05, 4.69) is 60.3 Å². The van der Waals surface area contributed by atoms with Crippen LogP contribution in [0.3, 0.4) is 0 Å². The lowest BCUT2D eigenvalue weighted by molar-refractivity contribution is 0.478. The van der Waals surface area contributed by atoms with Crippen LogP contribution in [0.4, 0.5) is 0 Å². The van der Waals surface area contributed by atoms with Gasteiger partial charge in [0.15, 0.2) is 0 Å².